The minimum absolute atomic E-state index is 0.191. The molecule has 0 fully saturated rings. The third kappa shape index (κ3) is 2.82. The number of benzene rings is 1. The van der Waals surface area contributed by atoms with Gasteiger partial charge in [-0.05, 0) is 17.7 Å². The molecule has 0 aliphatic heterocycles. The molecule has 4 heteroatoms. The van der Waals surface area contributed by atoms with Gasteiger partial charge in [-0.25, -0.2) is 0 Å². The van der Waals surface area contributed by atoms with Crippen molar-refractivity contribution in [3.05, 3.63) is 34.3 Å². The second kappa shape index (κ2) is 5.12. The molecule has 0 spiro atoms. The van der Waals surface area contributed by atoms with Crippen molar-refractivity contribution in [2.45, 2.75) is 5.92 Å². The Labute approximate surface area is 90.8 Å². The number of methoxy groups -OCH3 is 1. The molecule has 1 atom stereocenters. The largest absolute Gasteiger partial charge is 0.481 e. The number of carbonyl (C=O) groups is 1. The van der Waals surface area contributed by atoms with Crippen LogP contribution in [0.1, 0.15) is 11.5 Å². The van der Waals surface area contributed by atoms with Crippen LogP contribution in [-0.2, 0) is 9.53 Å². The predicted molar refractivity (Wildman–Crippen MR) is 56.4 cm³/mol. The van der Waals surface area contributed by atoms with Crippen molar-refractivity contribution < 1.29 is 14.6 Å². The zero-order valence-corrected chi connectivity index (χ0v) is 9.32. The maximum Gasteiger partial charge on any atom is 0.313 e. The summed E-state index contributed by atoms with van der Waals surface area (Å²) in [7, 11) is 1.49. The van der Waals surface area contributed by atoms with E-state index in [1.54, 1.807) is 12.1 Å². The topological polar surface area (TPSA) is 46.5 Å². The number of halogens is 1. The van der Waals surface area contributed by atoms with E-state index in [9.17, 15) is 4.79 Å². The van der Waals surface area contributed by atoms with Crippen LogP contribution in [-0.4, -0.2) is 24.8 Å². The number of hydrogen-bond donors (Lipinski definition) is 1. The fourth-order valence-corrected chi connectivity index (χ4v) is 1.44. The molecule has 0 amide bonds. The van der Waals surface area contributed by atoms with Gasteiger partial charge in [0.05, 0.1) is 6.61 Å². The van der Waals surface area contributed by atoms with Crippen molar-refractivity contribution in [3.63, 3.8) is 0 Å². The first-order valence-corrected chi connectivity index (χ1v) is 4.91. The monoisotopic (exact) mass is 258 g/mol. The highest BCUT2D eigenvalue weighted by molar-refractivity contribution is 9.10. The molecule has 0 aromatic heterocycles. The number of carboxylic acid groups (broad SMARTS) is 1. The minimum atomic E-state index is -0.867. The molecule has 0 heterocycles. The van der Waals surface area contributed by atoms with Gasteiger partial charge in [-0.2, -0.15) is 0 Å². The summed E-state index contributed by atoms with van der Waals surface area (Å²) in [6, 6.07) is 7.20. The summed E-state index contributed by atoms with van der Waals surface area (Å²) < 4.78 is 5.79. The molecule has 0 saturated heterocycles. The highest BCUT2D eigenvalue weighted by atomic mass is 79.9. The maximum absolute atomic E-state index is 10.9. The van der Waals surface area contributed by atoms with E-state index in [0.29, 0.717) is 0 Å². The van der Waals surface area contributed by atoms with Crippen LogP contribution in [0.4, 0.5) is 0 Å². The quantitative estimate of drug-likeness (QED) is 0.902. The first kappa shape index (κ1) is 11.2. The number of rotatable bonds is 4. The lowest BCUT2D eigenvalue weighted by Gasteiger charge is -2.11. The van der Waals surface area contributed by atoms with Crippen LogP contribution in [0, 0.1) is 0 Å². The molecule has 76 valence electrons. The van der Waals surface area contributed by atoms with E-state index in [0.717, 1.165) is 10.0 Å². The van der Waals surface area contributed by atoms with E-state index in [4.69, 9.17) is 9.84 Å². The molecule has 0 aliphatic carbocycles. The molecule has 1 rings (SSSR count). The average molecular weight is 259 g/mol. The van der Waals surface area contributed by atoms with Crippen LogP contribution in [0.5, 0.6) is 0 Å². The summed E-state index contributed by atoms with van der Waals surface area (Å²) in [5.74, 6) is -1.46. The third-order valence-corrected chi connectivity index (χ3v) is 2.43. The summed E-state index contributed by atoms with van der Waals surface area (Å²) in [6.07, 6.45) is 0. The highest BCUT2D eigenvalue weighted by Gasteiger charge is 2.19. The Balaban J connectivity index is 2.87. The lowest BCUT2D eigenvalue weighted by molar-refractivity contribution is -0.140. The van der Waals surface area contributed by atoms with Gasteiger partial charge in [0, 0.05) is 11.6 Å². The van der Waals surface area contributed by atoms with Crippen LogP contribution < -0.4 is 0 Å². The van der Waals surface area contributed by atoms with Crippen molar-refractivity contribution in [3.8, 4) is 0 Å². The molecular formula is C10H11BrO3. The summed E-state index contributed by atoms with van der Waals surface area (Å²) in [5.41, 5.74) is 0.752. The van der Waals surface area contributed by atoms with E-state index in [-0.39, 0.29) is 6.61 Å². The molecule has 1 aromatic carbocycles. The summed E-state index contributed by atoms with van der Waals surface area (Å²) in [4.78, 5) is 10.9. The average Bonchev–Trinajstić information content (AvgIpc) is 2.15. The molecule has 1 aromatic rings. The molecule has 14 heavy (non-hydrogen) atoms. The Morgan fingerprint density at radius 1 is 1.50 bits per heavy atom. The predicted octanol–water partition coefficient (Wildman–Crippen LogP) is 2.26. The minimum Gasteiger partial charge on any atom is -0.481 e. The first-order chi connectivity index (χ1) is 6.65. The van der Waals surface area contributed by atoms with Crippen molar-refractivity contribution in [1.29, 1.82) is 0 Å². The Morgan fingerprint density at radius 2 is 2.07 bits per heavy atom. The Bertz CT molecular complexity index is 308. The highest BCUT2D eigenvalue weighted by Crippen LogP contribution is 2.19. The molecule has 0 aliphatic rings. The van der Waals surface area contributed by atoms with E-state index in [1.807, 2.05) is 12.1 Å². The Kier molecular flexibility index (Phi) is 4.10. The van der Waals surface area contributed by atoms with Crippen molar-refractivity contribution >= 4 is 21.9 Å². The van der Waals surface area contributed by atoms with E-state index in [2.05, 4.69) is 15.9 Å². The molecule has 1 unspecified atom stereocenters. The van der Waals surface area contributed by atoms with Crippen LogP contribution in [0.15, 0.2) is 28.7 Å². The van der Waals surface area contributed by atoms with Crippen molar-refractivity contribution in [2.75, 3.05) is 13.7 Å². The van der Waals surface area contributed by atoms with Gasteiger partial charge in [0.15, 0.2) is 0 Å². The molecule has 0 saturated carbocycles. The Hall–Kier alpha value is -0.870. The molecule has 0 radical (unpaired) electrons. The molecule has 3 nitrogen and oxygen atoms in total. The lowest BCUT2D eigenvalue weighted by Crippen LogP contribution is -2.16. The Morgan fingerprint density at radius 3 is 2.50 bits per heavy atom. The van der Waals surface area contributed by atoms with Gasteiger partial charge < -0.3 is 9.84 Å². The number of hydrogen-bond acceptors (Lipinski definition) is 2. The summed E-state index contributed by atoms with van der Waals surface area (Å²) in [6.45, 7) is 0.191. The number of aliphatic carboxylic acids is 1. The normalized spacial score (nSPS) is 12.4. The zero-order chi connectivity index (χ0) is 10.6. The van der Waals surface area contributed by atoms with Crippen LogP contribution in [0.3, 0.4) is 0 Å². The van der Waals surface area contributed by atoms with Crippen LogP contribution in [0.25, 0.3) is 0 Å². The van der Waals surface area contributed by atoms with Gasteiger partial charge in [0.25, 0.3) is 0 Å². The summed E-state index contributed by atoms with van der Waals surface area (Å²) in [5, 5.41) is 8.94. The second-order valence-corrected chi connectivity index (χ2v) is 3.81. The fraction of sp³-hybridized carbons (Fsp3) is 0.300. The maximum atomic E-state index is 10.9. The molecule has 1 N–H and O–H groups in total. The SMILES string of the molecule is COCC(C(=O)O)c1ccc(Br)cc1. The van der Waals surface area contributed by atoms with Gasteiger partial charge >= 0.3 is 5.97 Å². The van der Waals surface area contributed by atoms with Crippen LogP contribution >= 0.6 is 15.9 Å². The van der Waals surface area contributed by atoms with E-state index >= 15 is 0 Å². The third-order valence-electron chi connectivity index (χ3n) is 1.90. The van der Waals surface area contributed by atoms with Gasteiger partial charge in [0.1, 0.15) is 5.92 Å². The smallest absolute Gasteiger partial charge is 0.313 e. The van der Waals surface area contributed by atoms with Crippen molar-refractivity contribution in [2.24, 2.45) is 0 Å². The fourth-order valence-electron chi connectivity index (χ4n) is 1.17. The van der Waals surface area contributed by atoms with Gasteiger partial charge in [-0.15, -0.1) is 0 Å². The number of carboxylic acids is 1. The lowest BCUT2D eigenvalue weighted by atomic mass is 10.0. The van der Waals surface area contributed by atoms with E-state index in [1.165, 1.54) is 7.11 Å². The van der Waals surface area contributed by atoms with Gasteiger partial charge in [-0.3, -0.25) is 4.79 Å². The molecular weight excluding hydrogens is 248 g/mol. The van der Waals surface area contributed by atoms with Gasteiger partial charge in [0.2, 0.25) is 0 Å². The van der Waals surface area contributed by atoms with E-state index < -0.39 is 11.9 Å². The standard InChI is InChI=1S/C10H11BrO3/c1-14-6-9(10(12)13)7-2-4-8(11)5-3-7/h2-5,9H,6H2,1H3,(H,12,13). The first-order valence-electron chi connectivity index (χ1n) is 4.12. The zero-order valence-electron chi connectivity index (χ0n) is 7.74. The second-order valence-electron chi connectivity index (χ2n) is 2.90. The van der Waals surface area contributed by atoms with Gasteiger partial charge in [-0.1, -0.05) is 28.1 Å². The van der Waals surface area contributed by atoms with Crippen LogP contribution in [0.2, 0.25) is 0 Å². The number of ether oxygens (including phenoxy) is 1. The summed E-state index contributed by atoms with van der Waals surface area (Å²) >= 11 is 3.29. The van der Waals surface area contributed by atoms with Crippen molar-refractivity contribution in [1.82, 2.24) is 0 Å². The molecule has 0 bridgehead atoms.